The molecule has 1 amide bonds. The maximum Gasteiger partial charge on any atom is 0.257 e. The van der Waals surface area contributed by atoms with Crippen LogP contribution in [-0.4, -0.2) is 42.9 Å². The minimum Gasteiger partial charge on any atom is -0.486 e. The highest BCUT2D eigenvalue weighted by molar-refractivity contribution is 7.99. The van der Waals surface area contributed by atoms with Gasteiger partial charge in [-0.15, -0.1) is 0 Å². The maximum absolute atomic E-state index is 14.1. The Morgan fingerprint density at radius 1 is 1.08 bits per heavy atom. The van der Waals surface area contributed by atoms with Gasteiger partial charge in [-0.25, -0.2) is 4.39 Å². The van der Waals surface area contributed by atoms with Crippen LogP contribution in [0.3, 0.4) is 0 Å². The molecule has 1 fully saturated rings. The van der Waals surface area contributed by atoms with Crippen molar-refractivity contribution >= 4 is 17.7 Å². The van der Waals surface area contributed by atoms with Crippen molar-refractivity contribution < 1.29 is 18.7 Å². The molecule has 2 aliphatic heterocycles. The second-order valence-electron chi connectivity index (χ2n) is 6.29. The van der Waals surface area contributed by atoms with Gasteiger partial charge in [-0.3, -0.25) is 4.79 Å². The minimum atomic E-state index is -0.174. The molecule has 1 atom stereocenters. The van der Waals surface area contributed by atoms with E-state index in [0.29, 0.717) is 43.4 Å². The Balaban J connectivity index is 1.51. The van der Waals surface area contributed by atoms with Gasteiger partial charge in [-0.2, -0.15) is 11.8 Å². The van der Waals surface area contributed by atoms with Crippen LogP contribution in [-0.2, 0) is 0 Å². The third-order valence-electron chi connectivity index (χ3n) is 4.68. The number of rotatable bonds is 2. The Labute approximate surface area is 156 Å². The SMILES string of the molecule is O=C(c1cccc2c1OCCO2)N1CCSC(c2ccccc2F)CC1. The number of hydrogen-bond acceptors (Lipinski definition) is 4. The van der Waals surface area contributed by atoms with E-state index in [4.69, 9.17) is 9.47 Å². The third kappa shape index (κ3) is 3.38. The fourth-order valence-electron chi connectivity index (χ4n) is 3.37. The number of benzene rings is 2. The number of ether oxygens (including phenoxy) is 2. The van der Waals surface area contributed by atoms with Crippen LogP contribution in [0, 0.1) is 5.82 Å². The van der Waals surface area contributed by atoms with E-state index in [0.717, 1.165) is 17.7 Å². The van der Waals surface area contributed by atoms with Crippen LogP contribution < -0.4 is 9.47 Å². The van der Waals surface area contributed by atoms with Crippen LogP contribution in [0.5, 0.6) is 11.5 Å². The Hall–Kier alpha value is -2.21. The molecule has 2 aromatic carbocycles. The van der Waals surface area contributed by atoms with Crippen molar-refractivity contribution in [1.29, 1.82) is 0 Å². The van der Waals surface area contributed by atoms with Gasteiger partial charge >= 0.3 is 0 Å². The molecule has 0 N–H and O–H groups in total. The predicted molar refractivity (Wildman–Crippen MR) is 99.6 cm³/mol. The van der Waals surface area contributed by atoms with E-state index in [1.165, 1.54) is 6.07 Å². The van der Waals surface area contributed by atoms with Crippen LogP contribution in [0.2, 0.25) is 0 Å². The number of thioether (sulfide) groups is 1. The molecule has 26 heavy (non-hydrogen) atoms. The summed E-state index contributed by atoms with van der Waals surface area (Å²) in [5, 5.41) is 0.0678. The van der Waals surface area contributed by atoms with Crippen molar-refractivity contribution in [3.05, 3.63) is 59.4 Å². The van der Waals surface area contributed by atoms with E-state index in [1.807, 2.05) is 29.2 Å². The summed E-state index contributed by atoms with van der Waals surface area (Å²) >= 11 is 1.71. The lowest BCUT2D eigenvalue weighted by atomic mass is 10.1. The van der Waals surface area contributed by atoms with Crippen molar-refractivity contribution in [1.82, 2.24) is 4.90 Å². The highest BCUT2D eigenvalue weighted by Crippen LogP contribution is 2.37. The third-order valence-corrected chi connectivity index (χ3v) is 5.99. The fourth-order valence-corrected chi connectivity index (χ4v) is 4.62. The van der Waals surface area contributed by atoms with E-state index in [-0.39, 0.29) is 17.0 Å². The molecule has 6 heteroatoms. The summed E-state index contributed by atoms with van der Waals surface area (Å²) in [5.41, 5.74) is 1.26. The minimum absolute atomic E-state index is 0.0536. The average Bonchev–Trinajstić information content (AvgIpc) is 2.93. The summed E-state index contributed by atoms with van der Waals surface area (Å²) in [6, 6.07) is 12.3. The number of hydrogen-bond donors (Lipinski definition) is 0. The van der Waals surface area contributed by atoms with Crippen molar-refractivity contribution in [2.24, 2.45) is 0 Å². The number of amides is 1. The zero-order valence-electron chi connectivity index (χ0n) is 14.3. The first kappa shape index (κ1) is 17.2. The van der Waals surface area contributed by atoms with Gasteiger partial charge in [0.05, 0.1) is 5.56 Å². The number of halogens is 1. The second kappa shape index (κ2) is 7.58. The molecule has 1 saturated heterocycles. The van der Waals surface area contributed by atoms with Crippen molar-refractivity contribution in [3.63, 3.8) is 0 Å². The summed E-state index contributed by atoms with van der Waals surface area (Å²) in [6.45, 7) is 2.17. The van der Waals surface area contributed by atoms with Crippen molar-refractivity contribution in [2.75, 3.05) is 32.1 Å². The standard InChI is InChI=1S/C20H20FNO3S/c21-16-6-2-1-4-14(16)18-8-9-22(10-13-26-18)20(23)15-5-3-7-17-19(15)25-12-11-24-17/h1-7,18H,8-13H2. The average molecular weight is 373 g/mol. The van der Waals surface area contributed by atoms with Crippen LogP contribution in [0.4, 0.5) is 4.39 Å². The molecule has 0 saturated carbocycles. The lowest BCUT2D eigenvalue weighted by molar-refractivity contribution is 0.0756. The van der Waals surface area contributed by atoms with Crippen LogP contribution in [0.1, 0.15) is 27.6 Å². The van der Waals surface area contributed by atoms with Gasteiger partial charge in [0.25, 0.3) is 5.91 Å². The van der Waals surface area contributed by atoms with Gasteiger partial charge in [-0.05, 0) is 24.6 Å². The molecule has 4 nitrogen and oxygen atoms in total. The van der Waals surface area contributed by atoms with Crippen LogP contribution >= 0.6 is 11.8 Å². The quantitative estimate of drug-likeness (QED) is 0.800. The van der Waals surface area contributed by atoms with Crippen LogP contribution in [0.25, 0.3) is 0 Å². The van der Waals surface area contributed by atoms with Crippen molar-refractivity contribution in [2.45, 2.75) is 11.7 Å². The number of para-hydroxylation sites is 1. The molecule has 0 aromatic heterocycles. The molecule has 0 aliphatic carbocycles. The van der Waals surface area contributed by atoms with Crippen molar-refractivity contribution in [3.8, 4) is 11.5 Å². The van der Waals surface area contributed by atoms with E-state index < -0.39 is 0 Å². The molecule has 0 radical (unpaired) electrons. The molecular formula is C20H20FNO3S. The zero-order chi connectivity index (χ0) is 17.9. The first-order chi connectivity index (χ1) is 12.7. The lowest BCUT2D eigenvalue weighted by Gasteiger charge is -2.24. The largest absolute Gasteiger partial charge is 0.486 e. The van der Waals surface area contributed by atoms with E-state index >= 15 is 0 Å². The molecule has 136 valence electrons. The fraction of sp³-hybridized carbons (Fsp3) is 0.350. The molecule has 1 unspecified atom stereocenters. The molecule has 4 rings (SSSR count). The van der Waals surface area contributed by atoms with Gasteiger partial charge in [0, 0.05) is 29.7 Å². The van der Waals surface area contributed by atoms with E-state index in [1.54, 1.807) is 23.9 Å². The van der Waals surface area contributed by atoms with E-state index in [9.17, 15) is 9.18 Å². The van der Waals surface area contributed by atoms with Gasteiger partial charge in [0.1, 0.15) is 19.0 Å². The Morgan fingerprint density at radius 3 is 2.81 bits per heavy atom. The van der Waals surface area contributed by atoms with E-state index in [2.05, 4.69) is 0 Å². The molecule has 0 spiro atoms. The lowest BCUT2D eigenvalue weighted by Crippen LogP contribution is -2.33. The van der Waals surface area contributed by atoms with Gasteiger partial charge in [0.2, 0.25) is 0 Å². The molecule has 2 aliphatic rings. The first-order valence-electron chi connectivity index (χ1n) is 8.78. The molecule has 2 aromatic rings. The molecule has 0 bridgehead atoms. The number of carbonyl (C=O) groups excluding carboxylic acids is 1. The molecular weight excluding hydrogens is 353 g/mol. The molecule has 2 heterocycles. The smallest absolute Gasteiger partial charge is 0.257 e. The van der Waals surface area contributed by atoms with Gasteiger partial charge in [0.15, 0.2) is 11.5 Å². The number of fused-ring (bicyclic) bond motifs is 1. The number of nitrogens with zero attached hydrogens (tertiary/aromatic N) is 1. The monoisotopic (exact) mass is 373 g/mol. The van der Waals surface area contributed by atoms with Gasteiger partial charge < -0.3 is 14.4 Å². The Morgan fingerprint density at radius 2 is 1.92 bits per heavy atom. The highest BCUT2D eigenvalue weighted by atomic mass is 32.2. The van der Waals surface area contributed by atoms with Crippen LogP contribution in [0.15, 0.2) is 42.5 Å². The number of carbonyl (C=O) groups is 1. The normalized spacial score (nSPS) is 19.7. The summed E-state index contributed by atoms with van der Waals surface area (Å²) in [4.78, 5) is 14.9. The topological polar surface area (TPSA) is 38.8 Å². The first-order valence-corrected chi connectivity index (χ1v) is 9.83. The summed E-state index contributed by atoms with van der Waals surface area (Å²) in [7, 11) is 0. The second-order valence-corrected chi connectivity index (χ2v) is 7.60. The maximum atomic E-state index is 14.1. The van der Waals surface area contributed by atoms with Gasteiger partial charge in [-0.1, -0.05) is 24.3 Å². The summed E-state index contributed by atoms with van der Waals surface area (Å²) in [6.07, 6.45) is 0.726. The predicted octanol–water partition coefficient (Wildman–Crippen LogP) is 3.92. The zero-order valence-corrected chi connectivity index (χ0v) is 15.1. The highest BCUT2D eigenvalue weighted by Gasteiger charge is 2.27. The summed E-state index contributed by atoms with van der Waals surface area (Å²) < 4.78 is 25.3. The summed E-state index contributed by atoms with van der Waals surface area (Å²) in [5.74, 6) is 1.70. The Kier molecular flexibility index (Phi) is 5.02. The Bertz CT molecular complexity index is 813.